The van der Waals surface area contributed by atoms with E-state index >= 15 is 0 Å². The standard InChI is InChI=1S/C17H14BrN3O/c1-11-3-2-4-13-9-15(20-16(11)13)17(22)21-19-10-12-5-7-14(18)8-6-12/h2-10,20H,1H3,(H,21,22)/b19-10-. The molecule has 1 heterocycles. The van der Waals surface area contributed by atoms with Crippen molar-refractivity contribution < 1.29 is 4.79 Å². The summed E-state index contributed by atoms with van der Waals surface area (Å²) >= 11 is 3.37. The van der Waals surface area contributed by atoms with Gasteiger partial charge in [0.2, 0.25) is 0 Å². The molecule has 0 fully saturated rings. The SMILES string of the molecule is Cc1cccc2cc(C(=O)N/N=C\c3ccc(Br)cc3)[nH]c12. The van der Waals surface area contributed by atoms with Gasteiger partial charge >= 0.3 is 0 Å². The van der Waals surface area contributed by atoms with Crippen LogP contribution in [-0.4, -0.2) is 17.1 Å². The Morgan fingerprint density at radius 3 is 2.73 bits per heavy atom. The lowest BCUT2D eigenvalue weighted by atomic mass is 10.2. The van der Waals surface area contributed by atoms with Crippen molar-refractivity contribution >= 4 is 39.0 Å². The maximum Gasteiger partial charge on any atom is 0.287 e. The van der Waals surface area contributed by atoms with Gasteiger partial charge in [0.25, 0.3) is 5.91 Å². The number of hydrogen-bond donors (Lipinski definition) is 2. The van der Waals surface area contributed by atoms with Gasteiger partial charge in [-0.1, -0.05) is 46.3 Å². The molecule has 110 valence electrons. The van der Waals surface area contributed by atoms with Crippen molar-refractivity contribution in [1.82, 2.24) is 10.4 Å². The van der Waals surface area contributed by atoms with E-state index in [0.717, 1.165) is 26.5 Å². The Morgan fingerprint density at radius 1 is 1.23 bits per heavy atom. The molecule has 3 aromatic rings. The lowest BCUT2D eigenvalue weighted by Crippen LogP contribution is -2.17. The van der Waals surface area contributed by atoms with Crippen LogP contribution in [0, 0.1) is 6.92 Å². The number of aromatic nitrogens is 1. The van der Waals surface area contributed by atoms with Gasteiger partial charge in [-0.2, -0.15) is 5.10 Å². The van der Waals surface area contributed by atoms with E-state index in [1.165, 1.54) is 0 Å². The molecule has 0 atom stereocenters. The minimum absolute atomic E-state index is 0.260. The maximum absolute atomic E-state index is 12.1. The number of carbonyl (C=O) groups is 1. The molecule has 3 rings (SSSR count). The number of rotatable bonds is 3. The summed E-state index contributed by atoms with van der Waals surface area (Å²) in [6.07, 6.45) is 1.61. The Morgan fingerprint density at radius 2 is 2.00 bits per heavy atom. The molecule has 2 N–H and O–H groups in total. The number of halogens is 1. The number of H-pyrrole nitrogens is 1. The average molecular weight is 356 g/mol. The molecule has 2 aromatic carbocycles. The zero-order chi connectivity index (χ0) is 15.5. The predicted molar refractivity (Wildman–Crippen MR) is 92.2 cm³/mol. The molecule has 0 bridgehead atoms. The number of nitrogens with zero attached hydrogens (tertiary/aromatic N) is 1. The smallest absolute Gasteiger partial charge is 0.287 e. The Labute approximate surface area is 136 Å². The zero-order valence-electron chi connectivity index (χ0n) is 11.9. The lowest BCUT2D eigenvalue weighted by molar-refractivity contribution is 0.0951. The van der Waals surface area contributed by atoms with Gasteiger partial charge in [0.05, 0.1) is 6.21 Å². The van der Waals surface area contributed by atoms with Crippen LogP contribution in [0.3, 0.4) is 0 Å². The van der Waals surface area contributed by atoms with Gasteiger partial charge < -0.3 is 4.98 Å². The highest BCUT2D eigenvalue weighted by atomic mass is 79.9. The molecule has 0 radical (unpaired) electrons. The summed E-state index contributed by atoms with van der Waals surface area (Å²) in [4.78, 5) is 15.2. The fourth-order valence-corrected chi connectivity index (χ4v) is 2.47. The van der Waals surface area contributed by atoms with E-state index in [9.17, 15) is 4.79 Å². The molecule has 0 saturated carbocycles. The van der Waals surface area contributed by atoms with Crippen LogP contribution in [0.25, 0.3) is 10.9 Å². The van der Waals surface area contributed by atoms with Crippen LogP contribution in [0.1, 0.15) is 21.6 Å². The second-order valence-corrected chi connectivity index (χ2v) is 5.89. The van der Waals surface area contributed by atoms with Gasteiger partial charge in [0.1, 0.15) is 5.69 Å². The molecule has 0 spiro atoms. The van der Waals surface area contributed by atoms with Crippen LogP contribution < -0.4 is 5.43 Å². The summed E-state index contributed by atoms with van der Waals surface area (Å²) in [5.74, 6) is -0.260. The van der Waals surface area contributed by atoms with Crippen molar-refractivity contribution in [2.45, 2.75) is 6.92 Å². The van der Waals surface area contributed by atoms with Gasteiger partial charge in [0.15, 0.2) is 0 Å². The second-order valence-electron chi connectivity index (χ2n) is 4.97. The molecule has 22 heavy (non-hydrogen) atoms. The Balaban J connectivity index is 1.73. The highest BCUT2D eigenvalue weighted by molar-refractivity contribution is 9.10. The van der Waals surface area contributed by atoms with Crippen molar-refractivity contribution in [3.8, 4) is 0 Å². The summed E-state index contributed by atoms with van der Waals surface area (Å²) in [7, 11) is 0. The summed E-state index contributed by atoms with van der Waals surface area (Å²) in [5.41, 5.74) is 6.02. The minimum atomic E-state index is -0.260. The van der Waals surface area contributed by atoms with Gasteiger partial charge in [-0.25, -0.2) is 5.43 Å². The first kappa shape index (κ1) is 14.5. The molecule has 1 aromatic heterocycles. The molecular formula is C17H14BrN3O. The van der Waals surface area contributed by atoms with Crippen molar-refractivity contribution in [2.24, 2.45) is 5.10 Å². The van der Waals surface area contributed by atoms with E-state index in [0.29, 0.717) is 5.69 Å². The van der Waals surface area contributed by atoms with Crippen molar-refractivity contribution in [3.63, 3.8) is 0 Å². The van der Waals surface area contributed by atoms with E-state index in [2.05, 4.69) is 31.4 Å². The summed E-state index contributed by atoms with van der Waals surface area (Å²) in [5, 5.41) is 5.00. The molecular weight excluding hydrogens is 342 g/mol. The van der Waals surface area contributed by atoms with Crippen LogP contribution in [0.15, 0.2) is 58.1 Å². The average Bonchev–Trinajstić information content (AvgIpc) is 2.95. The van der Waals surface area contributed by atoms with Crippen LogP contribution in [0.5, 0.6) is 0 Å². The number of fused-ring (bicyclic) bond motifs is 1. The van der Waals surface area contributed by atoms with E-state index in [1.54, 1.807) is 6.21 Å². The number of hydrazone groups is 1. The molecule has 5 heteroatoms. The molecule has 0 aliphatic rings. The van der Waals surface area contributed by atoms with Gasteiger partial charge in [-0.3, -0.25) is 4.79 Å². The number of hydrogen-bond acceptors (Lipinski definition) is 2. The first-order valence-electron chi connectivity index (χ1n) is 6.81. The van der Waals surface area contributed by atoms with Crippen molar-refractivity contribution in [3.05, 3.63) is 69.8 Å². The third kappa shape index (κ3) is 3.09. The number of aryl methyl sites for hydroxylation is 1. The van der Waals surface area contributed by atoms with Crippen LogP contribution >= 0.6 is 15.9 Å². The van der Waals surface area contributed by atoms with E-state index in [4.69, 9.17) is 0 Å². The fraction of sp³-hybridized carbons (Fsp3) is 0.0588. The molecule has 0 unspecified atom stereocenters. The third-order valence-electron chi connectivity index (χ3n) is 3.36. The number of benzene rings is 2. The van der Waals surface area contributed by atoms with Gasteiger partial charge in [-0.05, 0) is 36.2 Å². The summed E-state index contributed by atoms with van der Waals surface area (Å²) in [6, 6.07) is 15.4. The number of nitrogens with one attached hydrogen (secondary N) is 2. The van der Waals surface area contributed by atoms with E-state index in [1.807, 2.05) is 55.5 Å². The summed E-state index contributed by atoms with van der Waals surface area (Å²) < 4.78 is 1.00. The number of para-hydroxylation sites is 1. The molecule has 0 aliphatic carbocycles. The number of aromatic amines is 1. The highest BCUT2D eigenvalue weighted by Crippen LogP contribution is 2.18. The van der Waals surface area contributed by atoms with Crippen molar-refractivity contribution in [2.75, 3.05) is 0 Å². The van der Waals surface area contributed by atoms with Crippen LogP contribution in [0.2, 0.25) is 0 Å². The van der Waals surface area contributed by atoms with E-state index in [-0.39, 0.29) is 5.91 Å². The molecule has 0 aliphatic heterocycles. The first-order chi connectivity index (χ1) is 10.6. The molecule has 1 amide bonds. The number of amides is 1. The molecule has 0 saturated heterocycles. The van der Waals surface area contributed by atoms with Gasteiger partial charge in [-0.15, -0.1) is 0 Å². The largest absolute Gasteiger partial charge is 0.350 e. The summed E-state index contributed by atoms with van der Waals surface area (Å²) in [6.45, 7) is 2.01. The van der Waals surface area contributed by atoms with Gasteiger partial charge in [0, 0.05) is 15.4 Å². The maximum atomic E-state index is 12.1. The predicted octanol–water partition coefficient (Wildman–Crippen LogP) is 4.00. The monoisotopic (exact) mass is 355 g/mol. The van der Waals surface area contributed by atoms with Crippen LogP contribution in [0.4, 0.5) is 0 Å². The van der Waals surface area contributed by atoms with Crippen molar-refractivity contribution in [1.29, 1.82) is 0 Å². The lowest BCUT2D eigenvalue weighted by Gasteiger charge is -1.97. The zero-order valence-corrected chi connectivity index (χ0v) is 13.5. The minimum Gasteiger partial charge on any atom is -0.350 e. The first-order valence-corrected chi connectivity index (χ1v) is 7.60. The normalized spacial score (nSPS) is 11.2. The Hall–Kier alpha value is -2.40. The quantitative estimate of drug-likeness (QED) is 0.541. The molecule has 4 nitrogen and oxygen atoms in total. The second kappa shape index (κ2) is 6.15. The van der Waals surface area contributed by atoms with Crippen LogP contribution in [-0.2, 0) is 0 Å². The topological polar surface area (TPSA) is 57.2 Å². The van der Waals surface area contributed by atoms with E-state index < -0.39 is 0 Å². The fourth-order valence-electron chi connectivity index (χ4n) is 2.20. The number of carbonyl (C=O) groups excluding carboxylic acids is 1. The third-order valence-corrected chi connectivity index (χ3v) is 3.89. The Bertz CT molecular complexity index is 850. The highest BCUT2D eigenvalue weighted by Gasteiger charge is 2.09. The Kier molecular flexibility index (Phi) is 4.06.